The molecule has 1 aromatic heterocycles. The smallest absolute Gasteiger partial charge is 0.337 e. The molecule has 21 heavy (non-hydrogen) atoms. The zero-order valence-corrected chi connectivity index (χ0v) is 12.4. The highest BCUT2D eigenvalue weighted by Gasteiger charge is 2.27. The Morgan fingerprint density at radius 2 is 2.05 bits per heavy atom. The number of anilines is 1. The topological polar surface area (TPSA) is 53.4 Å². The van der Waals surface area contributed by atoms with E-state index in [1.54, 1.807) is 0 Å². The second-order valence-corrected chi connectivity index (χ2v) is 6.09. The summed E-state index contributed by atoms with van der Waals surface area (Å²) in [5.41, 5.74) is 0.272. The Balaban J connectivity index is 2.05. The highest BCUT2D eigenvalue weighted by molar-refractivity contribution is 6.06. The fourth-order valence-corrected chi connectivity index (χ4v) is 3.12. The van der Waals surface area contributed by atoms with Gasteiger partial charge in [0.1, 0.15) is 5.82 Å². The predicted octanol–water partition coefficient (Wildman–Crippen LogP) is 3.42. The number of hydrogen-bond donors (Lipinski definition) is 1. The molecule has 3 rings (SSSR count). The molecule has 2 heterocycles. The fraction of sp³-hybridized carbons (Fsp3) is 0.412. The molecule has 0 saturated carbocycles. The summed E-state index contributed by atoms with van der Waals surface area (Å²) in [5, 5.41) is 11.0. The van der Waals surface area contributed by atoms with Crippen molar-refractivity contribution < 1.29 is 9.90 Å². The van der Waals surface area contributed by atoms with Gasteiger partial charge in [0.05, 0.1) is 5.56 Å². The van der Waals surface area contributed by atoms with Crippen LogP contribution in [0.25, 0.3) is 10.8 Å². The Bertz CT molecular complexity index is 682. The highest BCUT2D eigenvalue weighted by Crippen LogP contribution is 2.32. The number of aromatic carboxylic acids is 1. The van der Waals surface area contributed by atoms with Crippen molar-refractivity contribution in [1.29, 1.82) is 0 Å². The molecule has 1 N–H and O–H groups in total. The normalized spacial score (nSPS) is 18.6. The molecule has 1 atom stereocenters. The van der Waals surface area contributed by atoms with Gasteiger partial charge in [0.15, 0.2) is 0 Å². The number of hydrogen-bond acceptors (Lipinski definition) is 3. The van der Waals surface area contributed by atoms with E-state index < -0.39 is 5.97 Å². The molecule has 0 amide bonds. The summed E-state index contributed by atoms with van der Waals surface area (Å²) in [6.07, 6.45) is 2.66. The van der Waals surface area contributed by atoms with E-state index in [9.17, 15) is 9.90 Å². The lowest BCUT2D eigenvalue weighted by Gasteiger charge is -2.21. The van der Waals surface area contributed by atoms with Crippen LogP contribution in [-0.2, 0) is 0 Å². The molecular formula is C17H20N2O2. The van der Waals surface area contributed by atoms with E-state index in [-0.39, 0.29) is 5.56 Å². The van der Waals surface area contributed by atoms with Gasteiger partial charge in [-0.2, -0.15) is 0 Å². The van der Waals surface area contributed by atoms with Gasteiger partial charge in [-0.15, -0.1) is 0 Å². The van der Waals surface area contributed by atoms with Crippen molar-refractivity contribution in [2.24, 2.45) is 11.8 Å². The summed E-state index contributed by atoms with van der Waals surface area (Å²) in [5.74, 6) is 1.34. The Labute approximate surface area is 124 Å². The third-order valence-electron chi connectivity index (χ3n) is 4.47. The van der Waals surface area contributed by atoms with Crippen LogP contribution in [0.1, 0.15) is 30.6 Å². The summed E-state index contributed by atoms with van der Waals surface area (Å²) in [6.45, 7) is 6.51. The maximum absolute atomic E-state index is 11.3. The molecule has 1 fully saturated rings. The monoisotopic (exact) mass is 284 g/mol. The molecule has 1 aliphatic rings. The van der Waals surface area contributed by atoms with Crippen molar-refractivity contribution in [1.82, 2.24) is 4.98 Å². The number of rotatable bonds is 3. The van der Waals surface area contributed by atoms with Crippen molar-refractivity contribution in [2.75, 3.05) is 18.0 Å². The third kappa shape index (κ3) is 2.46. The number of carbonyl (C=O) groups is 1. The molecule has 1 aromatic carbocycles. The summed E-state index contributed by atoms with van der Waals surface area (Å²) in [6, 6.07) is 7.64. The van der Waals surface area contributed by atoms with Crippen molar-refractivity contribution >= 4 is 22.6 Å². The van der Waals surface area contributed by atoms with Gasteiger partial charge < -0.3 is 10.0 Å². The van der Waals surface area contributed by atoms with Crippen molar-refractivity contribution in [2.45, 2.75) is 20.3 Å². The molecule has 0 radical (unpaired) electrons. The van der Waals surface area contributed by atoms with Crippen LogP contribution in [-0.4, -0.2) is 29.1 Å². The molecule has 2 aromatic rings. The van der Waals surface area contributed by atoms with Gasteiger partial charge in [0.2, 0.25) is 0 Å². The first-order valence-electron chi connectivity index (χ1n) is 7.44. The van der Waals surface area contributed by atoms with E-state index in [1.807, 2.05) is 24.3 Å². The maximum Gasteiger partial charge on any atom is 0.337 e. The van der Waals surface area contributed by atoms with Crippen LogP contribution in [0.15, 0.2) is 30.5 Å². The average molecular weight is 284 g/mol. The second kappa shape index (κ2) is 5.35. The van der Waals surface area contributed by atoms with Gasteiger partial charge >= 0.3 is 5.97 Å². The second-order valence-electron chi connectivity index (χ2n) is 6.09. The number of nitrogens with zero attached hydrogens (tertiary/aromatic N) is 2. The van der Waals surface area contributed by atoms with Crippen LogP contribution in [0.3, 0.4) is 0 Å². The molecule has 1 aliphatic heterocycles. The van der Waals surface area contributed by atoms with E-state index in [2.05, 4.69) is 23.7 Å². The van der Waals surface area contributed by atoms with Gasteiger partial charge in [0.25, 0.3) is 0 Å². The largest absolute Gasteiger partial charge is 0.478 e. The van der Waals surface area contributed by atoms with Crippen LogP contribution in [0.4, 0.5) is 5.82 Å². The molecule has 0 spiro atoms. The number of benzene rings is 1. The van der Waals surface area contributed by atoms with Crippen LogP contribution >= 0.6 is 0 Å². The standard InChI is InChI=1S/C17H20N2O2/c1-11(2)12-7-8-19(10-12)16-14-6-4-3-5-13(14)15(9-18-16)17(20)21/h3-6,9,11-12H,7-8,10H2,1-2H3,(H,20,21). The van der Waals surface area contributed by atoms with E-state index >= 15 is 0 Å². The minimum atomic E-state index is -0.924. The van der Waals surface area contributed by atoms with Gasteiger partial charge in [-0.3, -0.25) is 0 Å². The molecule has 1 saturated heterocycles. The zero-order chi connectivity index (χ0) is 15.0. The zero-order valence-electron chi connectivity index (χ0n) is 12.4. The average Bonchev–Trinajstić information content (AvgIpc) is 2.95. The lowest BCUT2D eigenvalue weighted by molar-refractivity contribution is 0.0698. The first-order chi connectivity index (χ1) is 10.1. The number of fused-ring (bicyclic) bond motifs is 1. The summed E-state index contributed by atoms with van der Waals surface area (Å²) in [7, 11) is 0. The first-order valence-corrected chi connectivity index (χ1v) is 7.44. The van der Waals surface area contributed by atoms with E-state index in [0.717, 1.165) is 29.7 Å². The summed E-state index contributed by atoms with van der Waals surface area (Å²) < 4.78 is 0. The molecular weight excluding hydrogens is 264 g/mol. The maximum atomic E-state index is 11.3. The van der Waals surface area contributed by atoms with Gasteiger partial charge in [-0.25, -0.2) is 9.78 Å². The quantitative estimate of drug-likeness (QED) is 0.938. The molecule has 0 aliphatic carbocycles. The van der Waals surface area contributed by atoms with Crippen LogP contribution in [0.2, 0.25) is 0 Å². The van der Waals surface area contributed by atoms with Crippen molar-refractivity contribution in [3.63, 3.8) is 0 Å². The van der Waals surface area contributed by atoms with Crippen molar-refractivity contribution in [3.8, 4) is 0 Å². The number of aromatic nitrogens is 1. The fourth-order valence-electron chi connectivity index (χ4n) is 3.12. The first kappa shape index (κ1) is 13.9. The molecule has 4 nitrogen and oxygen atoms in total. The minimum Gasteiger partial charge on any atom is -0.478 e. The van der Waals surface area contributed by atoms with E-state index in [4.69, 9.17) is 0 Å². The Morgan fingerprint density at radius 1 is 1.33 bits per heavy atom. The van der Waals surface area contributed by atoms with Crippen molar-refractivity contribution in [3.05, 3.63) is 36.0 Å². The predicted molar refractivity (Wildman–Crippen MR) is 83.9 cm³/mol. The van der Waals surface area contributed by atoms with Gasteiger partial charge in [0, 0.05) is 30.1 Å². The van der Waals surface area contributed by atoms with E-state index in [1.165, 1.54) is 12.6 Å². The molecule has 0 bridgehead atoms. The SMILES string of the molecule is CC(C)C1CCN(c2ncc(C(=O)O)c3ccccc23)C1. The van der Waals surface area contributed by atoms with Gasteiger partial charge in [-0.05, 0) is 18.3 Å². The highest BCUT2D eigenvalue weighted by atomic mass is 16.4. The van der Waals surface area contributed by atoms with E-state index in [0.29, 0.717) is 11.8 Å². The molecule has 1 unspecified atom stereocenters. The van der Waals surface area contributed by atoms with Crippen LogP contribution < -0.4 is 4.90 Å². The van der Waals surface area contributed by atoms with Gasteiger partial charge in [-0.1, -0.05) is 38.1 Å². The lowest BCUT2D eigenvalue weighted by Crippen LogP contribution is -2.22. The Kier molecular flexibility index (Phi) is 3.53. The molecule has 4 heteroatoms. The number of carboxylic acid groups (broad SMARTS) is 1. The molecule has 110 valence electrons. The summed E-state index contributed by atoms with van der Waals surface area (Å²) in [4.78, 5) is 18.1. The Morgan fingerprint density at radius 3 is 2.67 bits per heavy atom. The Hall–Kier alpha value is -2.10. The summed E-state index contributed by atoms with van der Waals surface area (Å²) >= 11 is 0. The lowest BCUT2D eigenvalue weighted by atomic mass is 9.95. The van der Waals surface area contributed by atoms with Crippen LogP contribution in [0.5, 0.6) is 0 Å². The third-order valence-corrected chi connectivity index (χ3v) is 4.47. The number of carboxylic acids is 1. The number of pyridine rings is 1. The van der Waals surface area contributed by atoms with Crippen LogP contribution in [0, 0.1) is 11.8 Å². The minimum absolute atomic E-state index is 0.272.